The number of hydrazone groups is 2. The molecule has 0 aliphatic heterocycles. The standard InChI is InChI=1S/C8H14N4O2/c1-3-5-9-11-7(13)8(14)12-10-6-4-2/h5-6H,3-4H2,1-2H3,(H,11,13)(H,12,14). The number of hydrogen-bond donors (Lipinski definition) is 2. The Labute approximate surface area is 82.4 Å². The summed E-state index contributed by atoms with van der Waals surface area (Å²) in [7, 11) is 0. The second kappa shape index (κ2) is 7.90. The van der Waals surface area contributed by atoms with E-state index in [1.54, 1.807) is 0 Å². The second-order valence-corrected chi connectivity index (χ2v) is 2.32. The van der Waals surface area contributed by atoms with E-state index >= 15 is 0 Å². The maximum atomic E-state index is 10.9. The third-order valence-corrected chi connectivity index (χ3v) is 1.09. The molecule has 78 valence electrons. The largest absolute Gasteiger partial charge is 0.331 e. The number of nitrogens with zero attached hydrogens (tertiary/aromatic N) is 2. The van der Waals surface area contributed by atoms with Gasteiger partial charge in [0.2, 0.25) is 0 Å². The van der Waals surface area contributed by atoms with Gasteiger partial charge in [-0.15, -0.1) is 0 Å². The molecule has 0 radical (unpaired) electrons. The summed E-state index contributed by atoms with van der Waals surface area (Å²) in [5, 5.41) is 7.00. The Morgan fingerprint density at radius 1 is 1.00 bits per heavy atom. The Hall–Kier alpha value is -1.72. The smallest absolute Gasteiger partial charge is 0.262 e. The van der Waals surface area contributed by atoms with E-state index in [4.69, 9.17) is 0 Å². The fourth-order valence-electron chi connectivity index (χ4n) is 0.493. The van der Waals surface area contributed by atoms with Crippen LogP contribution in [0.2, 0.25) is 0 Å². The van der Waals surface area contributed by atoms with Crippen molar-refractivity contribution in [2.75, 3.05) is 0 Å². The maximum Gasteiger partial charge on any atom is 0.331 e. The molecule has 0 fully saturated rings. The molecule has 0 saturated carbocycles. The normalized spacial score (nSPS) is 10.7. The Bertz CT molecular complexity index is 222. The summed E-state index contributed by atoms with van der Waals surface area (Å²) >= 11 is 0. The van der Waals surface area contributed by atoms with Crippen molar-refractivity contribution in [2.45, 2.75) is 26.7 Å². The van der Waals surface area contributed by atoms with Crippen molar-refractivity contribution in [3.05, 3.63) is 0 Å². The van der Waals surface area contributed by atoms with Gasteiger partial charge in [-0.05, 0) is 12.8 Å². The van der Waals surface area contributed by atoms with Gasteiger partial charge in [-0.3, -0.25) is 9.59 Å². The molecule has 6 heteroatoms. The molecule has 14 heavy (non-hydrogen) atoms. The highest BCUT2D eigenvalue weighted by Gasteiger charge is 2.10. The van der Waals surface area contributed by atoms with Crippen LogP contribution in [0.1, 0.15) is 26.7 Å². The highest BCUT2D eigenvalue weighted by molar-refractivity contribution is 6.35. The summed E-state index contributed by atoms with van der Waals surface area (Å²) in [6.07, 6.45) is 4.35. The van der Waals surface area contributed by atoms with Crippen LogP contribution in [-0.4, -0.2) is 24.2 Å². The number of carbonyl (C=O) groups excluding carboxylic acids is 2. The first-order valence-electron chi connectivity index (χ1n) is 4.35. The molecule has 0 aromatic carbocycles. The summed E-state index contributed by atoms with van der Waals surface area (Å²) in [4.78, 5) is 21.8. The lowest BCUT2D eigenvalue weighted by Crippen LogP contribution is -2.35. The first-order valence-corrected chi connectivity index (χ1v) is 4.35. The number of amides is 2. The van der Waals surface area contributed by atoms with Crippen molar-refractivity contribution in [2.24, 2.45) is 10.2 Å². The van der Waals surface area contributed by atoms with Crippen LogP contribution in [0.5, 0.6) is 0 Å². The number of carbonyl (C=O) groups is 2. The van der Waals surface area contributed by atoms with E-state index in [1.807, 2.05) is 13.8 Å². The third kappa shape index (κ3) is 5.87. The molecule has 0 heterocycles. The Kier molecular flexibility index (Phi) is 6.93. The van der Waals surface area contributed by atoms with Gasteiger partial charge in [0.15, 0.2) is 0 Å². The molecule has 6 nitrogen and oxygen atoms in total. The monoisotopic (exact) mass is 198 g/mol. The first kappa shape index (κ1) is 12.3. The van der Waals surface area contributed by atoms with E-state index in [-0.39, 0.29) is 0 Å². The van der Waals surface area contributed by atoms with Crippen LogP contribution in [0.3, 0.4) is 0 Å². The van der Waals surface area contributed by atoms with Crippen LogP contribution < -0.4 is 10.9 Å². The minimum absolute atomic E-state index is 0.690. The maximum absolute atomic E-state index is 10.9. The van der Waals surface area contributed by atoms with Crippen molar-refractivity contribution in [3.63, 3.8) is 0 Å². The lowest BCUT2D eigenvalue weighted by atomic mass is 10.5. The van der Waals surface area contributed by atoms with Crippen LogP contribution in [0.15, 0.2) is 10.2 Å². The van der Waals surface area contributed by atoms with Crippen LogP contribution in [0.25, 0.3) is 0 Å². The number of hydrogen-bond acceptors (Lipinski definition) is 4. The summed E-state index contributed by atoms with van der Waals surface area (Å²) in [5.74, 6) is -1.66. The van der Waals surface area contributed by atoms with E-state index in [0.717, 1.165) is 0 Å². The predicted molar refractivity (Wildman–Crippen MR) is 53.9 cm³/mol. The van der Waals surface area contributed by atoms with Gasteiger partial charge >= 0.3 is 11.8 Å². The highest BCUT2D eigenvalue weighted by Crippen LogP contribution is 1.72. The average molecular weight is 198 g/mol. The molecule has 0 rings (SSSR count). The lowest BCUT2D eigenvalue weighted by Gasteiger charge is -1.96. The van der Waals surface area contributed by atoms with Gasteiger partial charge in [0, 0.05) is 12.4 Å². The molecule has 0 aliphatic rings. The summed E-state index contributed by atoms with van der Waals surface area (Å²) in [5.41, 5.74) is 4.11. The molecule has 0 unspecified atom stereocenters. The SMILES string of the molecule is CCC=NNC(=O)C(=O)NN=CCC. The molecule has 0 atom stereocenters. The van der Waals surface area contributed by atoms with Crippen LogP contribution in [0, 0.1) is 0 Å². The molecule has 0 aromatic heterocycles. The van der Waals surface area contributed by atoms with Gasteiger partial charge in [0.1, 0.15) is 0 Å². The fourth-order valence-corrected chi connectivity index (χ4v) is 0.493. The van der Waals surface area contributed by atoms with E-state index in [0.29, 0.717) is 12.8 Å². The topological polar surface area (TPSA) is 82.9 Å². The predicted octanol–water partition coefficient (Wildman–Crippen LogP) is 0.0104. The minimum atomic E-state index is -0.831. The molecular formula is C8H14N4O2. The Morgan fingerprint density at radius 2 is 1.36 bits per heavy atom. The van der Waals surface area contributed by atoms with E-state index in [9.17, 15) is 9.59 Å². The van der Waals surface area contributed by atoms with Gasteiger partial charge in [-0.1, -0.05) is 13.8 Å². The van der Waals surface area contributed by atoms with Gasteiger partial charge < -0.3 is 0 Å². The van der Waals surface area contributed by atoms with Gasteiger partial charge in [0.25, 0.3) is 0 Å². The van der Waals surface area contributed by atoms with Crippen molar-refractivity contribution >= 4 is 24.2 Å². The van der Waals surface area contributed by atoms with Crippen molar-refractivity contribution in [1.29, 1.82) is 0 Å². The quantitative estimate of drug-likeness (QED) is 0.379. The van der Waals surface area contributed by atoms with Crippen LogP contribution >= 0.6 is 0 Å². The summed E-state index contributed by atoms with van der Waals surface area (Å²) in [6.45, 7) is 3.72. The Morgan fingerprint density at radius 3 is 1.64 bits per heavy atom. The summed E-state index contributed by atoms with van der Waals surface area (Å²) < 4.78 is 0. The zero-order valence-corrected chi connectivity index (χ0v) is 8.28. The number of nitrogens with one attached hydrogen (secondary N) is 2. The zero-order valence-electron chi connectivity index (χ0n) is 8.28. The lowest BCUT2D eigenvalue weighted by molar-refractivity contribution is -0.139. The molecule has 0 spiro atoms. The second-order valence-electron chi connectivity index (χ2n) is 2.32. The van der Waals surface area contributed by atoms with Crippen molar-refractivity contribution in [3.8, 4) is 0 Å². The van der Waals surface area contributed by atoms with Gasteiger partial charge in [-0.2, -0.15) is 10.2 Å². The first-order chi connectivity index (χ1) is 6.72. The Balaban J connectivity index is 3.82. The van der Waals surface area contributed by atoms with E-state index in [1.165, 1.54) is 12.4 Å². The van der Waals surface area contributed by atoms with Crippen molar-refractivity contribution < 1.29 is 9.59 Å². The summed E-state index contributed by atoms with van der Waals surface area (Å²) in [6, 6.07) is 0. The average Bonchev–Trinajstić information content (AvgIpc) is 2.18. The molecule has 0 aromatic rings. The molecule has 0 bridgehead atoms. The van der Waals surface area contributed by atoms with E-state index < -0.39 is 11.8 Å². The fraction of sp³-hybridized carbons (Fsp3) is 0.500. The molecule has 0 saturated heterocycles. The molecule has 2 amide bonds. The molecule has 2 N–H and O–H groups in total. The van der Waals surface area contributed by atoms with Gasteiger partial charge in [0.05, 0.1) is 0 Å². The van der Waals surface area contributed by atoms with E-state index in [2.05, 4.69) is 21.1 Å². The van der Waals surface area contributed by atoms with Crippen molar-refractivity contribution in [1.82, 2.24) is 10.9 Å². The molecular weight excluding hydrogens is 184 g/mol. The zero-order chi connectivity index (χ0) is 10.8. The van der Waals surface area contributed by atoms with Crippen LogP contribution in [0.4, 0.5) is 0 Å². The third-order valence-electron chi connectivity index (χ3n) is 1.09. The number of rotatable bonds is 4. The molecule has 0 aliphatic carbocycles. The highest BCUT2D eigenvalue weighted by atomic mass is 16.2. The minimum Gasteiger partial charge on any atom is -0.262 e. The van der Waals surface area contributed by atoms with Crippen LogP contribution in [-0.2, 0) is 9.59 Å². The van der Waals surface area contributed by atoms with Gasteiger partial charge in [-0.25, -0.2) is 10.9 Å².